The molecule has 0 spiro atoms. The van der Waals surface area contributed by atoms with Gasteiger partial charge in [-0.1, -0.05) is 12.1 Å². The van der Waals surface area contributed by atoms with Crippen molar-refractivity contribution in [1.82, 2.24) is 14.7 Å². The van der Waals surface area contributed by atoms with Gasteiger partial charge in [-0.25, -0.2) is 0 Å². The minimum atomic E-state index is 0.0607. The van der Waals surface area contributed by atoms with Crippen molar-refractivity contribution >= 4 is 5.91 Å². The van der Waals surface area contributed by atoms with Crippen LogP contribution in [0, 0.1) is 18.3 Å². The van der Waals surface area contributed by atoms with E-state index < -0.39 is 0 Å². The largest absolute Gasteiger partial charge is 0.341 e. The van der Waals surface area contributed by atoms with E-state index in [0.29, 0.717) is 25.1 Å². The van der Waals surface area contributed by atoms with Crippen molar-refractivity contribution in [3.05, 3.63) is 53.3 Å². The fraction of sp³-hybridized carbons (Fsp3) is 0.312. The molecule has 1 aromatic heterocycles. The number of nitriles is 1. The molecule has 5 heteroatoms. The second-order valence-corrected chi connectivity index (χ2v) is 5.09. The van der Waals surface area contributed by atoms with Crippen molar-refractivity contribution in [2.24, 2.45) is 0 Å². The first-order chi connectivity index (χ1) is 10.1. The van der Waals surface area contributed by atoms with Gasteiger partial charge in [-0.2, -0.15) is 10.4 Å². The number of aryl methyl sites for hydroxylation is 2. The number of carbonyl (C=O) groups is 1. The standard InChI is InChI=1S/C16H18N4O/c1-13-10-18-20(11-13)7-6-16(21)19(2)12-15-5-3-4-14(8-15)9-17/h3-5,8,10-11H,6-7,12H2,1-2H3. The molecule has 0 aliphatic carbocycles. The summed E-state index contributed by atoms with van der Waals surface area (Å²) < 4.78 is 1.78. The minimum Gasteiger partial charge on any atom is -0.341 e. The summed E-state index contributed by atoms with van der Waals surface area (Å²) in [5.74, 6) is 0.0607. The topological polar surface area (TPSA) is 61.9 Å². The van der Waals surface area contributed by atoms with Crippen LogP contribution in [0.1, 0.15) is 23.1 Å². The van der Waals surface area contributed by atoms with Crippen molar-refractivity contribution in [2.75, 3.05) is 7.05 Å². The van der Waals surface area contributed by atoms with Gasteiger partial charge in [-0.3, -0.25) is 9.48 Å². The molecule has 0 aliphatic rings. The zero-order chi connectivity index (χ0) is 15.2. The van der Waals surface area contributed by atoms with E-state index in [1.54, 1.807) is 35.0 Å². The van der Waals surface area contributed by atoms with Crippen LogP contribution in [0.4, 0.5) is 0 Å². The maximum atomic E-state index is 12.1. The molecule has 2 rings (SSSR count). The van der Waals surface area contributed by atoms with E-state index in [9.17, 15) is 4.79 Å². The Bertz CT molecular complexity index is 669. The molecule has 21 heavy (non-hydrogen) atoms. The highest BCUT2D eigenvalue weighted by Crippen LogP contribution is 2.08. The normalized spacial score (nSPS) is 10.1. The van der Waals surface area contributed by atoms with Crippen molar-refractivity contribution in [1.29, 1.82) is 5.26 Å². The Hall–Kier alpha value is -2.61. The Morgan fingerprint density at radius 1 is 1.48 bits per heavy atom. The Morgan fingerprint density at radius 3 is 2.95 bits per heavy atom. The molecular weight excluding hydrogens is 264 g/mol. The van der Waals surface area contributed by atoms with Gasteiger partial charge in [0.15, 0.2) is 0 Å². The molecule has 0 aliphatic heterocycles. The van der Waals surface area contributed by atoms with Gasteiger partial charge in [0, 0.05) is 32.8 Å². The van der Waals surface area contributed by atoms with Crippen LogP contribution < -0.4 is 0 Å². The molecule has 0 saturated carbocycles. The second-order valence-electron chi connectivity index (χ2n) is 5.09. The van der Waals surface area contributed by atoms with Crippen LogP contribution in [0.25, 0.3) is 0 Å². The SMILES string of the molecule is Cc1cnn(CCC(=O)N(C)Cc2cccc(C#N)c2)c1. The lowest BCUT2D eigenvalue weighted by Crippen LogP contribution is -2.27. The average Bonchev–Trinajstić information content (AvgIpc) is 2.90. The van der Waals surface area contributed by atoms with Crippen molar-refractivity contribution in [3.8, 4) is 6.07 Å². The predicted octanol–water partition coefficient (Wildman–Crippen LogP) is 2.11. The van der Waals surface area contributed by atoms with Crippen LogP contribution >= 0.6 is 0 Å². The van der Waals surface area contributed by atoms with Gasteiger partial charge in [0.2, 0.25) is 5.91 Å². The highest BCUT2D eigenvalue weighted by molar-refractivity contribution is 5.75. The fourth-order valence-electron chi connectivity index (χ4n) is 2.09. The third-order valence-corrected chi connectivity index (χ3v) is 3.22. The van der Waals surface area contributed by atoms with Gasteiger partial charge in [0.1, 0.15) is 0 Å². The fourth-order valence-corrected chi connectivity index (χ4v) is 2.09. The number of nitrogens with zero attached hydrogens (tertiary/aromatic N) is 4. The quantitative estimate of drug-likeness (QED) is 0.843. The average molecular weight is 282 g/mol. The summed E-state index contributed by atoms with van der Waals surface area (Å²) in [5.41, 5.74) is 2.66. The van der Waals surface area contributed by atoms with Gasteiger partial charge in [-0.05, 0) is 30.2 Å². The van der Waals surface area contributed by atoms with Crippen molar-refractivity contribution in [3.63, 3.8) is 0 Å². The Morgan fingerprint density at radius 2 is 2.29 bits per heavy atom. The Kier molecular flexibility index (Phi) is 4.72. The maximum absolute atomic E-state index is 12.1. The van der Waals surface area contributed by atoms with Crippen molar-refractivity contribution in [2.45, 2.75) is 26.4 Å². The lowest BCUT2D eigenvalue weighted by Gasteiger charge is -2.17. The number of benzene rings is 1. The number of hydrogen-bond acceptors (Lipinski definition) is 3. The predicted molar refractivity (Wildman–Crippen MR) is 79.2 cm³/mol. The van der Waals surface area contributed by atoms with Crippen LogP contribution in [-0.2, 0) is 17.9 Å². The molecule has 1 heterocycles. The molecule has 5 nitrogen and oxygen atoms in total. The smallest absolute Gasteiger partial charge is 0.224 e. The molecule has 1 aromatic carbocycles. The van der Waals surface area contributed by atoms with Crippen LogP contribution in [0.15, 0.2) is 36.7 Å². The van der Waals surface area contributed by atoms with E-state index >= 15 is 0 Å². The third kappa shape index (κ3) is 4.18. The molecule has 0 fully saturated rings. The van der Waals surface area contributed by atoms with E-state index in [2.05, 4.69) is 11.2 Å². The zero-order valence-corrected chi connectivity index (χ0v) is 12.3. The zero-order valence-electron chi connectivity index (χ0n) is 12.3. The Labute approximate surface area is 124 Å². The monoisotopic (exact) mass is 282 g/mol. The number of amides is 1. The molecule has 0 N–H and O–H groups in total. The van der Waals surface area contributed by atoms with Gasteiger partial charge >= 0.3 is 0 Å². The first-order valence-corrected chi connectivity index (χ1v) is 6.80. The van der Waals surface area contributed by atoms with Crippen LogP contribution in [0.5, 0.6) is 0 Å². The molecule has 0 saturated heterocycles. The van der Waals surface area contributed by atoms with Gasteiger partial charge in [0.05, 0.1) is 17.8 Å². The molecular formula is C16H18N4O. The molecule has 0 atom stereocenters. The van der Waals surface area contributed by atoms with Gasteiger partial charge in [-0.15, -0.1) is 0 Å². The van der Waals surface area contributed by atoms with Gasteiger partial charge < -0.3 is 4.90 Å². The maximum Gasteiger partial charge on any atom is 0.224 e. The van der Waals surface area contributed by atoms with E-state index in [1.165, 1.54) is 0 Å². The molecule has 0 unspecified atom stereocenters. The van der Waals surface area contributed by atoms with E-state index in [4.69, 9.17) is 5.26 Å². The summed E-state index contributed by atoms with van der Waals surface area (Å²) in [6, 6.07) is 9.42. The molecule has 1 amide bonds. The highest BCUT2D eigenvalue weighted by Gasteiger charge is 2.10. The van der Waals surface area contributed by atoms with Crippen LogP contribution in [0.3, 0.4) is 0 Å². The third-order valence-electron chi connectivity index (χ3n) is 3.22. The summed E-state index contributed by atoms with van der Waals surface area (Å²) in [5, 5.41) is 13.0. The number of rotatable bonds is 5. The van der Waals surface area contributed by atoms with E-state index in [1.807, 2.05) is 25.3 Å². The molecule has 0 bridgehead atoms. The van der Waals surface area contributed by atoms with Crippen molar-refractivity contribution < 1.29 is 4.79 Å². The summed E-state index contributed by atoms with van der Waals surface area (Å²) in [6.45, 7) is 3.06. The lowest BCUT2D eigenvalue weighted by atomic mass is 10.1. The number of carbonyl (C=O) groups excluding carboxylic acids is 1. The van der Waals surface area contributed by atoms with Crippen LogP contribution in [0.2, 0.25) is 0 Å². The van der Waals surface area contributed by atoms with E-state index in [0.717, 1.165) is 11.1 Å². The number of hydrogen-bond donors (Lipinski definition) is 0. The van der Waals surface area contributed by atoms with Gasteiger partial charge in [0.25, 0.3) is 0 Å². The van der Waals surface area contributed by atoms with Crippen LogP contribution in [-0.4, -0.2) is 27.6 Å². The molecule has 2 aromatic rings. The number of aromatic nitrogens is 2. The summed E-state index contributed by atoms with van der Waals surface area (Å²) in [6.07, 6.45) is 4.11. The first kappa shape index (κ1) is 14.8. The lowest BCUT2D eigenvalue weighted by molar-refractivity contribution is -0.130. The summed E-state index contributed by atoms with van der Waals surface area (Å²) in [7, 11) is 1.77. The highest BCUT2D eigenvalue weighted by atomic mass is 16.2. The second kappa shape index (κ2) is 6.71. The summed E-state index contributed by atoms with van der Waals surface area (Å²) in [4.78, 5) is 13.8. The molecule has 0 radical (unpaired) electrons. The molecule has 108 valence electrons. The van der Waals surface area contributed by atoms with E-state index in [-0.39, 0.29) is 5.91 Å². The Balaban J connectivity index is 1.88. The summed E-state index contributed by atoms with van der Waals surface area (Å²) >= 11 is 0. The minimum absolute atomic E-state index is 0.0607. The first-order valence-electron chi connectivity index (χ1n) is 6.80.